The second-order valence-corrected chi connectivity index (χ2v) is 9.39. The normalized spacial score (nSPS) is 14.8. The van der Waals surface area contributed by atoms with E-state index in [1.165, 1.54) is 21.8 Å². The van der Waals surface area contributed by atoms with E-state index in [0.717, 1.165) is 29.1 Å². The highest BCUT2D eigenvalue weighted by Crippen LogP contribution is 2.41. The molecule has 0 fully saturated rings. The number of aryl methyl sites for hydroxylation is 1. The third-order valence-electron chi connectivity index (χ3n) is 6.77. The second-order valence-electron chi connectivity index (χ2n) is 9.39. The van der Waals surface area contributed by atoms with Crippen molar-refractivity contribution in [2.45, 2.75) is 32.7 Å². The minimum absolute atomic E-state index is 0.133. The van der Waals surface area contributed by atoms with Crippen molar-refractivity contribution in [3.63, 3.8) is 0 Å². The average molecular weight is 511 g/mol. The number of allylic oxidation sites excluding steroid dienone is 1. The first-order valence-electron chi connectivity index (χ1n) is 11.8. The Morgan fingerprint density at radius 3 is 2.27 bits per heavy atom. The molecule has 1 aliphatic heterocycles. The molecule has 5 rings (SSSR count). The SMILES string of the molecule is CCn1c2ccccc2c2cc(C=CC3=[N+](C)c4ccc([N+](=O)[O-])cc4C3(C)C)ccc21.F[B-](F)(F)F. The van der Waals surface area contributed by atoms with Crippen molar-refractivity contribution in [3.05, 3.63) is 88.0 Å². The first kappa shape index (κ1) is 26.1. The van der Waals surface area contributed by atoms with Gasteiger partial charge < -0.3 is 21.8 Å². The molecule has 0 N–H and O–H groups in total. The predicted octanol–water partition coefficient (Wildman–Crippen LogP) is 7.74. The number of rotatable bonds is 4. The van der Waals surface area contributed by atoms with E-state index < -0.39 is 7.25 Å². The van der Waals surface area contributed by atoms with E-state index in [4.69, 9.17) is 0 Å². The van der Waals surface area contributed by atoms with E-state index in [-0.39, 0.29) is 16.0 Å². The van der Waals surface area contributed by atoms with Gasteiger partial charge in [-0.2, -0.15) is 4.58 Å². The third-order valence-corrected chi connectivity index (χ3v) is 6.77. The first-order chi connectivity index (χ1) is 17.3. The van der Waals surface area contributed by atoms with Gasteiger partial charge in [-0.1, -0.05) is 24.3 Å². The van der Waals surface area contributed by atoms with Crippen LogP contribution in [0.3, 0.4) is 0 Å². The van der Waals surface area contributed by atoms with E-state index in [2.05, 4.69) is 84.5 Å². The Kier molecular flexibility index (Phi) is 6.71. The Balaban J connectivity index is 0.000000586. The Morgan fingerprint density at radius 1 is 0.973 bits per heavy atom. The fourth-order valence-electron chi connectivity index (χ4n) is 5.13. The van der Waals surface area contributed by atoms with Crippen molar-refractivity contribution in [1.82, 2.24) is 4.57 Å². The lowest BCUT2D eigenvalue weighted by Gasteiger charge is -2.15. The molecule has 0 spiro atoms. The molecule has 0 atom stereocenters. The molecule has 0 amide bonds. The molecule has 0 aliphatic carbocycles. The number of aromatic nitrogens is 1. The minimum Gasteiger partial charge on any atom is -0.418 e. The number of benzene rings is 3. The van der Waals surface area contributed by atoms with E-state index in [9.17, 15) is 27.4 Å². The van der Waals surface area contributed by atoms with E-state index in [0.29, 0.717) is 0 Å². The largest absolute Gasteiger partial charge is 0.673 e. The summed E-state index contributed by atoms with van der Waals surface area (Å²) in [6, 6.07) is 20.3. The van der Waals surface area contributed by atoms with Gasteiger partial charge in [-0.25, -0.2) is 0 Å². The summed E-state index contributed by atoms with van der Waals surface area (Å²) >= 11 is 0. The highest BCUT2D eigenvalue weighted by atomic mass is 19.5. The zero-order chi connectivity index (χ0) is 27.1. The predicted molar refractivity (Wildman–Crippen MR) is 141 cm³/mol. The molecule has 5 nitrogen and oxygen atoms in total. The Morgan fingerprint density at radius 2 is 1.62 bits per heavy atom. The summed E-state index contributed by atoms with van der Waals surface area (Å²) in [5, 5.41) is 13.8. The van der Waals surface area contributed by atoms with Crippen LogP contribution in [0.15, 0.2) is 66.7 Å². The molecule has 192 valence electrons. The summed E-state index contributed by atoms with van der Waals surface area (Å²) in [7, 11) is -3.98. The van der Waals surface area contributed by atoms with Gasteiger partial charge >= 0.3 is 7.25 Å². The van der Waals surface area contributed by atoms with Gasteiger partial charge in [-0.05, 0) is 50.6 Å². The van der Waals surface area contributed by atoms with Crippen LogP contribution in [0, 0.1) is 10.1 Å². The van der Waals surface area contributed by atoms with Crippen LogP contribution in [0.4, 0.5) is 28.6 Å². The lowest BCUT2D eigenvalue weighted by molar-refractivity contribution is -0.402. The van der Waals surface area contributed by atoms with Crippen LogP contribution >= 0.6 is 0 Å². The van der Waals surface area contributed by atoms with Crippen LogP contribution in [0.1, 0.15) is 31.9 Å². The number of nitrogens with zero attached hydrogens (tertiary/aromatic N) is 3. The molecule has 2 heterocycles. The smallest absolute Gasteiger partial charge is 0.418 e. The van der Waals surface area contributed by atoms with Gasteiger partial charge in [0.25, 0.3) is 5.69 Å². The summed E-state index contributed by atoms with van der Waals surface area (Å²) in [6.45, 7) is 7.35. The number of non-ortho nitro benzene ring substituents is 1. The van der Waals surface area contributed by atoms with Crippen LogP contribution in [0.5, 0.6) is 0 Å². The Labute approximate surface area is 211 Å². The van der Waals surface area contributed by atoms with Crippen molar-refractivity contribution in [2.75, 3.05) is 7.05 Å². The number of nitro groups is 1. The molecule has 4 aromatic rings. The average Bonchev–Trinajstić information content (AvgIpc) is 3.24. The Bertz CT molecular complexity index is 1580. The van der Waals surface area contributed by atoms with Gasteiger partial charge in [0.15, 0.2) is 5.71 Å². The quantitative estimate of drug-likeness (QED) is 0.0926. The van der Waals surface area contributed by atoms with Gasteiger partial charge in [-0.15, -0.1) is 0 Å². The van der Waals surface area contributed by atoms with Crippen molar-refractivity contribution < 1.29 is 26.8 Å². The van der Waals surface area contributed by atoms with Gasteiger partial charge in [-0.3, -0.25) is 10.1 Å². The van der Waals surface area contributed by atoms with E-state index in [1.54, 1.807) is 12.1 Å². The van der Waals surface area contributed by atoms with Crippen LogP contribution in [0.25, 0.3) is 27.9 Å². The maximum atomic E-state index is 11.3. The van der Waals surface area contributed by atoms with Gasteiger partial charge in [0.1, 0.15) is 7.05 Å². The molecule has 1 aliphatic rings. The number of halogens is 4. The number of nitro benzene ring substituents is 1. The number of para-hydroxylation sites is 1. The number of fused-ring (bicyclic) bond motifs is 4. The zero-order valence-corrected chi connectivity index (χ0v) is 20.9. The maximum Gasteiger partial charge on any atom is 0.673 e. The molecule has 3 aromatic carbocycles. The molecule has 10 heteroatoms. The first-order valence-corrected chi connectivity index (χ1v) is 11.8. The van der Waals surface area contributed by atoms with Gasteiger partial charge in [0.05, 0.1) is 10.3 Å². The molecular weight excluding hydrogens is 485 g/mol. The van der Waals surface area contributed by atoms with Crippen LogP contribution in [-0.4, -0.2) is 34.1 Å². The zero-order valence-electron chi connectivity index (χ0n) is 20.9. The Hall–Kier alpha value is -3.95. The lowest BCUT2D eigenvalue weighted by Crippen LogP contribution is -2.26. The molecule has 0 saturated carbocycles. The highest BCUT2D eigenvalue weighted by Gasteiger charge is 2.43. The van der Waals surface area contributed by atoms with Crippen molar-refractivity contribution in [1.29, 1.82) is 0 Å². The van der Waals surface area contributed by atoms with Crippen LogP contribution < -0.4 is 0 Å². The van der Waals surface area contributed by atoms with E-state index in [1.807, 2.05) is 13.1 Å². The number of hydrogen-bond donors (Lipinski definition) is 0. The second kappa shape index (κ2) is 9.50. The summed E-state index contributed by atoms with van der Waals surface area (Å²) in [5.74, 6) is 0. The molecule has 1 aromatic heterocycles. The van der Waals surface area contributed by atoms with E-state index >= 15 is 0 Å². The topological polar surface area (TPSA) is 51.1 Å². The summed E-state index contributed by atoms with van der Waals surface area (Å²) < 4.78 is 43.5. The van der Waals surface area contributed by atoms with Crippen LogP contribution in [-0.2, 0) is 12.0 Å². The fourth-order valence-corrected chi connectivity index (χ4v) is 5.13. The van der Waals surface area contributed by atoms with Crippen LogP contribution in [0.2, 0.25) is 0 Å². The van der Waals surface area contributed by atoms with Gasteiger partial charge in [0, 0.05) is 58.2 Å². The molecule has 0 bridgehead atoms. The molecule has 0 radical (unpaired) electrons. The maximum absolute atomic E-state index is 11.3. The monoisotopic (exact) mass is 511 g/mol. The molecule has 37 heavy (non-hydrogen) atoms. The minimum atomic E-state index is -6.00. The van der Waals surface area contributed by atoms with Crippen molar-refractivity contribution in [3.8, 4) is 0 Å². The highest BCUT2D eigenvalue weighted by molar-refractivity contribution is 6.50. The molecule has 0 saturated heterocycles. The fraction of sp³-hybridized carbons (Fsp3) is 0.222. The van der Waals surface area contributed by atoms with Crippen molar-refractivity contribution in [2.24, 2.45) is 0 Å². The summed E-state index contributed by atoms with van der Waals surface area (Å²) in [6.07, 6.45) is 4.29. The van der Waals surface area contributed by atoms with Gasteiger partial charge in [0.2, 0.25) is 5.69 Å². The molecule has 0 unspecified atom stereocenters. The summed E-state index contributed by atoms with van der Waals surface area (Å²) in [4.78, 5) is 11.0. The standard InChI is InChI=1S/C27H26N3O2.BF4/c1-5-29-23-9-7-6-8-20(23)21-16-18(10-13-24(21)29)11-15-26-27(2,3)22-17-19(30(31)32)12-14-25(22)28(26)4;2-1(3,4)5/h6-17H,5H2,1-4H3;/q+1;-1. The number of hydrogen-bond acceptors (Lipinski definition) is 2. The summed E-state index contributed by atoms with van der Waals surface area (Å²) in [5.41, 5.74) is 6.56. The third kappa shape index (κ3) is 5.01. The van der Waals surface area contributed by atoms with Crippen molar-refractivity contribution >= 4 is 52.2 Å². The lowest BCUT2D eigenvalue weighted by atomic mass is 9.81. The molecular formula is C27H26BF4N3O2.